The van der Waals surface area contributed by atoms with Gasteiger partial charge in [0.15, 0.2) is 11.5 Å². The molecule has 2 aliphatic rings. The first-order valence-electron chi connectivity index (χ1n) is 9.78. The van der Waals surface area contributed by atoms with E-state index in [9.17, 15) is 9.59 Å². The Hall–Kier alpha value is -3.28. The normalized spacial score (nSPS) is 14.2. The van der Waals surface area contributed by atoms with Crippen molar-refractivity contribution in [2.45, 2.75) is 38.7 Å². The van der Waals surface area contributed by atoms with Gasteiger partial charge in [-0.2, -0.15) is 0 Å². The molecule has 0 radical (unpaired) electrons. The van der Waals surface area contributed by atoms with Crippen LogP contribution in [0, 0.1) is 0 Å². The van der Waals surface area contributed by atoms with Crippen molar-refractivity contribution < 1.29 is 23.4 Å². The lowest BCUT2D eigenvalue weighted by Crippen LogP contribution is -2.08. The Morgan fingerprint density at radius 1 is 1.00 bits per heavy atom. The highest BCUT2D eigenvalue weighted by molar-refractivity contribution is 5.82. The van der Waals surface area contributed by atoms with Gasteiger partial charge < -0.3 is 18.6 Å². The third-order valence-corrected chi connectivity index (χ3v) is 5.49. The van der Waals surface area contributed by atoms with Gasteiger partial charge in [-0.05, 0) is 66.6 Å². The molecule has 6 nitrogen and oxygen atoms in total. The minimum absolute atomic E-state index is 0.0564. The number of aryl methyl sites for hydroxylation is 3. The third-order valence-electron chi connectivity index (χ3n) is 5.49. The van der Waals surface area contributed by atoms with E-state index < -0.39 is 5.63 Å². The maximum atomic E-state index is 12.3. The molecule has 0 unspecified atom stereocenters. The molecule has 2 heterocycles. The quantitative estimate of drug-likeness (QED) is 0.487. The standard InChI is InChI=1S/C23H20O6/c24-22(7-5-14-4-6-19-21(8-14)28-13-27-19)26-12-17-11-23(25)29-20-10-16-3-1-2-15(16)9-18(17)20/h4,6,8-11H,1-3,5,7,12-13H2. The second-order valence-electron chi connectivity index (χ2n) is 7.41. The summed E-state index contributed by atoms with van der Waals surface area (Å²) in [6.07, 6.45) is 3.93. The van der Waals surface area contributed by atoms with Crippen LogP contribution in [0.5, 0.6) is 11.5 Å². The molecule has 1 aromatic heterocycles. The molecule has 3 aromatic rings. The van der Waals surface area contributed by atoms with E-state index in [1.807, 2.05) is 24.3 Å². The number of benzene rings is 2. The second-order valence-corrected chi connectivity index (χ2v) is 7.41. The lowest BCUT2D eigenvalue weighted by molar-refractivity contribution is -0.144. The van der Waals surface area contributed by atoms with Gasteiger partial charge in [0.2, 0.25) is 6.79 Å². The zero-order valence-electron chi connectivity index (χ0n) is 15.9. The summed E-state index contributed by atoms with van der Waals surface area (Å²) in [6.45, 7) is 0.282. The summed E-state index contributed by atoms with van der Waals surface area (Å²) in [4.78, 5) is 24.2. The first-order valence-corrected chi connectivity index (χ1v) is 9.78. The third kappa shape index (κ3) is 3.58. The van der Waals surface area contributed by atoms with E-state index >= 15 is 0 Å². The molecule has 0 saturated heterocycles. The van der Waals surface area contributed by atoms with E-state index in [2.05, 4.69) is 6.07 Å². The fourth-order valence-electron chi connectivity index (χ4n) is 3.99. The molecule has 1 aliphatic carbocycles. The number of rotatable bonds is 5. The van der Waals surface area contributed by atoms with Crippen LogP contribution in [0.2, 0.25) is 0 Å². The van der Waals surface area contributed by atoms with Crippen LogP contribution >= 0.6 is 0 Å². The van der Waals surface area contributed by atoms with Gasteiger partial charge in [0.1, 0.15) is 12.2 Å². The van der Waals surface area contributed by atoms with Gasteiger partial charge >= 0.3 is 11.6 Å². The van der Waals surface area contributed by atoms with Crippen molar-refractivity contribution in [1.29, 1.82) is 0 Å². The number of carbonyl (C=O) groups excluding carboxylic acids is 1. The number of hydrogen-bond donors (Lipinski definition) is 0. The molecule has 2 aromatic carbocycles. The monoisotopic (exact) mass is 392 g/mol. The fourth-order valence-corrected chi connectivity index (χ4v) is 3.99. The highest BCUT2D eigenvalue weighted by Crippen LogP contribution is 2.33. The number of hydrogen-bond acceptors (Lipinski definition) is 6. The average molecular weight is 392 g/mol. The van der Waals surface area contributed by atoms with E-state index in [4.69, 9.17) is 18.6 Å². The van der Waals surface area contributed by atoms with E-state index in [0.29, 0.717) is 23.3 Å². The number of fused-ring (bicyclic) bond motifs is 3. The zero-order valence-corrected chi connectivity index (χ0v) is 15.9. The summed E-state index contributed by atoms with van der Waals surface area (Å²) in [7, 11) is 0. The molecule has 6 heteroatoms. The van der Waals surface area contributed by atoms with Crippen LogP contribution in [0.4, 0.5) is 0 Å². The van der Waals surface area contributed by atoms with Crippen molar-refractivity contribution in [3.63, 3.8) is 0 Å². The molecule has 0 bridgehead atoms. The second kappa shape index (κ2) is 7.28. The van der Waals surface area contributed by atoms with Crippen molar-refractivity contribution in [3.05, 3.63) is 69.1 Å². The molecule has 5 rings (SSSR count). The van der Waals surface area contributed by atoms with E-state index in [1.165, 1.54) is 17.2 Å². The smallest absolute Gasteiger partial charge is 0.336 e. The van der Waals surface area contributed by atoms with Gasteiger partial charge in [-0.15, -0.1) is 0 Å². The number of ether oxygens (including phenoxy) is 3. The predicted molar refractivity (Wildman–Crippen MR) is 105 cm³/mol. The molecular weight excluding hydrogens is 372 g/mol. The number of esters is 1. The summed E-state index contributed by atoms with van der Waals surface area (Å²) < 4.78 is 21.5. The van der Waals surface area contributed by atoms with Crippen LogP contribution in [-0.2, 0) is 35.4 Å². The molecule has 0 saturated carbocycles. The molecule has 1 aliphatic heterocycles. The van der Waals surface area contributed by atoms with Crippen LogP contribution < -0.4 is 15.1 Å². The van der Waals surface area contributed by atoms with Crippen molar-refractivity contribution in [2.24, 2.45) is 0 Å². The lowest BCUT2D eigenvalue weighted by atomic mass is 10.0. The number of carbonyl (C=O) groups is 1. The Kier molecular flexibility index (Phi) is 4.46. The van der Waals surface area contributed by atoms with Gasteiger partial charge in [0.05, 0.1) is 0 Å². The SMILES string of the molecule is O=C(CCc1ccc2c(c1)OCO2)OCc1cc(=O)oc2cc3c(cc12)CCC3. The Morgan fingerprint density at radius 3 is 2.72 bits per heavy atom. The Morgan fingerprint density at radius 2 is 1.83 bits per heavy atom. The maximum absolute atomic E-state index is 12.3. The summed E-state index contributed by atoms with van der Waals surface area (Å²) in [5, 5.41) is 0.842. The Labute approximate surface area is 167 Å². The van der Waals surface area contributed by atoms with Gasteiger partial charge in [0, 0.05) is 23.4 Å². The van der Waals surface area contributed by atoms with E-state index in [1.54, 1.807) is 0 Å². The van der Waals surface area contributed by atoms with Crippen molar-refractivity contribution in [1.82, 2.24) is 0 Å². The summed E-state index contributed by atoms with van der Waals surface area (Å²) in [6, 6.07) is 11.1. The maximum Gasteiger partial charge on any atom is 0.336 e. The van der Waals surface area contributed by atoms with Crippen LogP contribution in [-0.4, -0.2) is 12.8 Å². The van der Waals surface area contributed by atoms with Gasteiger partial charge in [0.25, 0.3) is 0 Å². The summed E-state index contributed by atoms with van der Waals surface area (Å²) >= 11 is 0. The zero-order chi connectivity index (χ0) is 19.8. The van der Waals surface area contributed by atoms with Gasteiger partial charge in [-0.1, -0.05) is 6.07 Å². The summed E-state index contributed by atoms with van der Waals surface area (Å²) in [5.41, 5.74) is 4.31. The fraction of sp³-hybridized carbons (Fsp3) is 0.304. The molecule has 29 heavy (non-hydrogen) atoms. The van der Waals surface area contributed by atoms with E-state index in [-0.39, 0.29) is 25.8 Å². The predicted octanol–water partition coefficient (Wildman–Crippen LogP) is 3.69. The van der Waals surface area contributed by atoms with Crippen molar-refractivity contribution in [3.8, 4) is 11.5 Å². The van der Waals surface area contributed by atoms with E-state index in [0.717, 1.165) is 36.0 Å². The Balaban J connectivity index is 1.26. The molecule has 148 valence electrons. The highest BCUT2D eigenvalue weighted by Gasteiger charge is 2.17. The average Bonchev–Trinajstić information content (AvgIpc) is 3.37. The Bertz CT molecular complexity index is 1160. The van der Waals surface area contributed by atoms with Crippen LogP contribution in [0.3, 0.4) is 0 Å². The molecule has 0 atom stereocenters. The minimum Gasteiger partial charge on any atom is -0.461 e. The van der Waals surface area contributed by atoms with Gasteiger partial charge in [-0.3, -0.25) is 4.79 Å². The minimum atomic E-state index is -0.429. The van der Waals surface area contributed by atoms with Crippen LogP contribution in [0.15, 0.2) is 45.6 Å². The topological polar surface area (TPSA) is 75.0 Å². The molecule has 0 spiro atoms. The molecule has 0 amide bonds. The van der Waals surface area contributed by atoms with Crippen LogP contribution in [0.1, 0.15) is 35.1 Å². The molecular formula is C23H20O6. The lowest BCUT2D eigenvalue weighted by Gasteiger charge is -2.09. The molecule has 0 N–H and O–H groups in total. The van der Waals surface area contributed by atoms with Gasteiger partial charge in [-0.25, -0.2) is 4.79 Å². The largest absolute Gasteiger partial charge is 0.461 e. The first-order chi connectivity index (χ1) is 14.2. The first kappa shape index (κ1) is 17.8. The molecule has 0 fully saturated rings. The van der Waals surface area contributed by atoms with Crippen molar-refractivity contribution >= 4 is 16.9 Å². The van der Waals surface area contributed by atoms with Crippen LogP contribution in [0.25, 0.3) is 11.0 Å². The highest BCUT2D eigenvalue weighted by atomic mass is 16.7. The van der Waals surface area contributed by atoms with Crippen molar-refractivity contribution in [2.75, 3.05) is 6.79 Å². The summed E-state index contributed by atoms with van der Waals surface area (Å²) in [5.74, 6) is 1.11.